The Bertz CT molecular complexity index is 150. The zero-order chi connectivity index (χ0) is 12.4. The van der Waals surface area contributed by atoms with E-state index in [1.165, 1.54) is 0 Å². The van der Waals surface area contributed by atoms with Crippen LogP contribution in [0.25, 0.3) is 0 Å². The van der Waals surface area contributed by atoms with Gasteiger partial charge in [0.15, 0.2) is 0 Å². The lowest BCUT2D eigenvalue weighted by atomic mass is 10.5. The van der Waals surface area contributed by atoms with E-state index < -0.39 is 8.80 Å². The molecular weight excluding hydrogens is 222 g/mol. The maximum absolute atomic E-state index is 5.77. The minimum atomic E-state index is -2.39. The Morgan fingerprint density at radius 2 is 1.31 bits per heavy atom. The van der Waals surface area contributed by atoms with Crippen LogP contribution in [0.1, 0.15) is 27.2 Å². The van der Waals surface area contributed by atoms with E-state index in [-0.39, 0.29) is 0 Å². The van der Waals surface area contributed by atoms with Gasteiger partial charge in [-0.05, 0) is 47.8 Å². The molecule has 0 unspecified atom stereocenters. The highest BCUT2D eigenvalue weighted by atomic mass is 28.4. The topological polar surface area (TPSA) is 30.9 Å². The molecule has 0 aliphatic carbocycles. The van der Waals surface area contributed by atoms with Gasteiger partial charge in [-0.1, -0.05) is 0 Å². The van der Waals surface area contributed by atoms with Crippen LogP contribution < -0.4 is 0 Å². The normalized spacial score (nSPS) is 12.4. The first-order valence-corrected chi connectivity index (χ1v) is 8.10. The molecule has 0 amide bonds. The van der Waals surface area contributed by atoms with Gasteiger partial charge >= 0.3 is 8.80 Å². The molecule has 0 saturated carbocycles. The third kappa shape index (κ3) is 6.60. The molecule has 98 valence electrons. The lowest BCUT2D eigenvalue weighted by Crippen LogP contribution is -2.46. The van der Waals surface area contributed by atoms with Crippen molar-refractivity contribution in [3.8, 4) is 0 Å². The van der Waals surface area contributed by atoms with E-state index in [0.29, 0.717) is 19.8 Å². The highest BCUT2D eigenvalue weighted by molar-refractivity contribution is 6.60. The molecule has 0 saturated heterocycles. The molecule has 0 N–H and O–H groups in total. The Hall–Kier alpha value is 0.0569. The second kappa shape index (κ2) is 9.12. The van der Waals surface area contributed by atoms with Gasteiger partial charge in [-0.15, -0.1) is 0 Å². The first-order chi connectivity index (χ1) is 7.60. The van der Waals surface area contributed by atoms with Crippen molar-refractivity contribution in [2.75, 3.05) is 40.5 Å². The Kier molecular flexibility index (Phi) is 9.16. The van der Waals surface area contributed by atoms with E-state index >= 15 is 0 Å². The van der Waals surface area contributed by atoms with E-state index in [9.17, 15) is 0 Å². The quantitative estimate of drug-likeness (QED) is 0.554. The molecule has 0 bridgehead atoms. The van der Waals surface area contributed by atoms with Gasteiger partial charge < -0.3 is 18.2 Å². The Morgan fingerprint density at radius 1 is 0.875 bits per heavy atom. The first-order valence-electron chi connectivity index (χ1n) is 6.16. The summed E-state index contributed by atoms with van der Waals surface area (Å²) in [7, 11) is 1.76. The van der Waals surface area contributed by atoms with Gasteiger partial charge in [-0.2, -0.15) is 0 Å². The molecule has 0 spiro atoms. The molecule has 0 aliphatic heterocycles. The highest BCUT2D eigenvalue weighted by Crippen LogP contribution is 2.18. The summed E-state index contributed by atoms with van der Waals surface area (Å²) >= 11 is 0. The van der Waals surface area contributed by atoms with Crippen LogP contribution in [0, 0.1) is 0 Å². The summed E-state index contributed by atoms with van der Waals surface area (Å²) in [6.45, 7) is 9.00. The molecule has 0 atom stereocenters. The van der Waals surface area contributed by atoms with Crippen molar-refractivity contribution in [3.63, 3.8) is 0 Å². The van der Waals surface area contributed by atoms with Crippen molar-refractivity contribution in [1.82, 2.24) is 4.90 Å². The van der Waals surface area contributed by atoms with Gasteiger partial charge in [0.2, 0.25) is 0 Å². The molecule has 5 heteroatoms. The molecule has 0 aromatic rings. The maximum atomic E-state index is 5.77. The van der Waals surface area contributed by atoms with Gasteiger partial charge in [0.05, 0.1) is 0 Å². The SMILES string of the molecule is CCO[Si](CCCN(C)C)(OCC)OCC. The minimum absolute atomic E-state index is 0.661. The second-order valence-corrected chi connectivity index (χ2v) is 6.62. The van der Waals surface area contributed by atoms with Crippen LogP contribution in [0.15, 0.2) is 0 Å². The molecule has 0 fully saturated rings. The number of hydrogen-bond acceptors (Lipinski definition) is 4. The van der Waals surface area contributed by atoms with Crippen molar-refractivity contribution in [2.24, 2.45) is 0 Å². The van der Waals surface area contributed by atoms with Crippen molar-refractivity contribution in [2.45, 2.75) is 33.2 Å². The summed E-state index contributed by atoms with van der Waals surface area (Å²) in [5.41, 5.74) is 0. The molecule has 0 rings (SSSR count). The largest absolute Gasteiger partial charge is 0.500 e. The molecular formula is C11H27NO3Si. The first kappa shape index (κ1) is 16.1. The lowest BCUT2D eigenvalue weighted by molar-refractivity contribution is 0.0703. The Labute approximate surface area is 101 Å². The van der Waals surface area contributed by atoms with Gasteiger partial charge in [0, 0.05) is 25.9 Å². The molecule has 0 heterocycles. The molecule has 4 nitrogen and oxygen atoms in total. The Balaban J connectivity index is 4.23. The van der Waals surface area contributed by atoms with Crippen molar-refractivity contribution in [1.29, 1.82) is 0 Å². The molecule has 0 aromatic heterocycles. The predicted octanol–water partition coefficient (Wildman–Crippen LogP) is 1.99. The third-order valence-corrected chi connectivity index (χ3v) is 5.33. The fourth-order valence-corrected chi connectivity index (χ4v) is 4.21. The highest BCUT2D eigenvalue weighted by Gasteiger charge is 2.39. The summed E-state index contributed by atoms with van der Waals surface area (Å²) in [6, 6.07) is 0.903. The van der Waals surface area contributed by atoms with E-state index in [2.05, 4.69) is 19.0 Å². The molecule has 0 aliphatic rings. The number of nitrogens with zero attached hydrogens (tertiary/aromatic N) is 1. The van der Waals surface area contributed by atoms with Gasteiger partial charge in [-0.3, -0.25) is 0 Å². The van der Waals surface area contributed by atoms with Crippen molar-refractivity contribution >= 4 is 8.80 Å². The summed E-state index contributed by atoms with van der Waals surface area (Å²) in [5.74, 6) is 0. The van der Waals surface area contributed by atoms with Crippen LogP contribution in [0.2, 0.25) is 6.04 Å². The van der Waals surface area contributed by atoms with E-state index in [4.69, 9.17) is 13.3 Å². The van der Waals surface area contributed by atoms with Crippen LogP contribution in [0.4, 0.5) is 0 Å². The Morgan fingerprint density at radius 3 is 1.62 bits per heavy atom. The zero-order valence-electron chi connectivity index (χ0n) is 11.4. The van der Waals surface area contributed by atoms with Gasteiger partial charge in [0.1, 0.15) is 0 Å². The minimum Gasteiger partial charge on any atom is -0.374 e. The van der Waals surface area contributed by atoms with E-state index in [1.54, 1.807) is 0 Å². The van der Waals surface area contributed by atoms with Gasteiger partial charge in [0.25, 0.3) is 0 Å². The average molecular weight is 249 g/mol. The molecule has 0 aromatic carbocycles. The van der Waals surface area contributed by atoms with Crippen LogP contribution in [-0.4, -0.2) is 54.2 Å². The summed E-state index contributed by atoms with van der Waals surface area (Å²) < 4.78 is 17.3. The summed E-state index contributed by atoms with van der Waals surface area (Å²) in [4.78, 5) is 2.17. The van der Waals surface area contributed by atoms with Crippen LogP contribution in [0.3, 0.4) is 0 Å². The monoisotopic (exact) mass is 249 g/mol. The fraction of sp³-hybridized carbons (Fsp3) is 1.00. The summed E-state index contributed by atoms with van der Waals surface area (Å²) in [5, 5.41) is 0. The maximum Gasteiger partial charge on any atom is 0.500 e. The average Bonchev–Trinajstić information content (AvgIpc) is 2.18. The number of hydrogen-bond donors (Lipinski definition) is 0. The second-order valence-electron chi connectivity index (χ2n) is 3.89. The third-order valence-electron chi connectivity index (χ3n) is 2.18. The fourth-order valence-electron chi connectivity index (χ4n) is 1.61. The van der Waals surface area contributed by atoms with E-state index in [1.807, 2.05) is 20.8 Å². The van der Waals surface area contributed by atoms with Crippen LogP contribution >= 0.6 is 0 Å². The molecule has 0 radical (unpaired) electrons. The lowest BCUT2D eigenvalue weighted by Gasteiger charge is -2.28. The van der Waals surface area contributed by atoms with Crippen molar-refractivity contribution in [3.05, 3.63) is 0 Å². The van der Waals surface area contributed by atoms with Crippen LogP contribution in [-0.2, 0) is 13.3 Å². The van der Waals surface area contributed by atoms with E-state index in [0.717, 1.165) is 19.0 Å². The van der Waals surface area contributed by atoms with Gasteiger partial charge in [-0.25, -0.2) is 0 Å². The van der Waals surface area contributed by atoms with Crippen molar-refractivity contribution < 1.29 is 13.3 Å². The molecule has 16 heavy (non-hydrogen) atoms. The summed E-state index contributed by atoms with van der Waals surface area (Å²) in [6.07, 6.45) is 1.05. The smallest absolute Gasteiger partial charge is 0.374 e. The zero-order valence-corrected chi connectivity index (χ0v) is 12.4. The van der Waals surface area contributed by atoms with Crippen LogP contribution in [0.5, 0.6) is 0 Å². The standard InChI is InChI=1S/C11H27NO3Si/c1-6-13-16(14-7-2,15-8-3)11-9-10-12(4)5/h6-11H2,1-5H3. The number of rotatable bonds is 10. The predicted molar refractivity (Wildman–Crippen MR) is 68.6 cm³/mol.